The SMILES string of the molecule is CCNC(=O)[C@H](C)N(Cc1ccc(Cl)cc1)C(=O)CN(c1cc(C(F)(F)F)ccc1Cl)S(=O)(=O)c1ccccc1. The molecule has 13 heteroatoms. The molecular formula is C27H26Cl2F3N3O4S. The third-order valence-corrected chi connectivity index (χ3v) is 8.28. The van der Waals surface area contributed by atoms with Gasteiger partial charge in [0.05, 0.1) is 21.2 Å². The molecule has 1 N–H and O–H groups in total. The van der Waals surface area contributed by atoms with Crippen LogP contribution in [0.25, 0.3) is 0 Å². The van der Waals surface area contributed by atoms with Crippen LogP contribution >= 0.6 is 23.2 Å². The zero-order valence-electron chi connectivity index (χ0n) is 21.5. The monoisotopic (exact) mass is 615 g/mol. The minimum atomic E-state index is -4.81. The quantitative estimate of drug-likeness (QED) is 0.314. The molecule has 7 nitrogen and oxygen atoms in total. The Kier molecular flexibility index (Phi) is 10.1. The molecule has 0 fully saturated rings. The minimum absolute atomic E-state index is 0.107. The van der Waals surface area contributed by atoms with Crippen molar-refractivity contribution >= 4 is 50.7 Å². The van der Waals surface area contributed by atoms with Crippen molar-refractivity contribution in [2.24, 2.45) is 0 Å². The number of likely N-dealkylation sites (N-methyl/N-ethyl adjacent to an activating group) is 1. The molecule has 0 aliphatic carbocycles. The molecule has 0 saturated carbocycles. The summed E-state index contributed by atoms with van der Waals surface area (Å²) in [5, 5.41) is 2.74. The van der Waals surface area contributed by atoms with Crippen molar-refractivity contribution in [3.8, 4) is 0 Å². The first-order chi connectivity index (χ1) is 18.8. The number of alkyl halides is 3. The molecular weight excluding hydrogens is 590 g/mol. The first-order valence-electron chi connectivity index (χ1n) is 12.0. The van der Waals surface area contributed by atoms with Crippen LogP contribution in [-0.4, -0.2) is 44.3 Å². The van der Waals surface area contributed by atoms with Crippen molar-refractivity contribution < 1.29 is 31.2 Å². The Morgan fingerprint density at radius 3 is 2.17 bits per heavy atom. The van der Waals surface area contributed by atoms with E-state index < -0.39 is 51.9 Å². The Morgan fingerprint density at radius 1 is 0.975 bits per heavy atom. The van der Waals surface area contributed by atoms with Gasteiger partial charge in [-0.05, 0) is 61.9 Å². The number of amides is 2. The third-order valence-electron chi connectivity index (χ3n) is 5.94. The molecule has 0 saturated heterocycles. The lowest BCUT2D eigenvalue weighted by molar-refractivity contribution is -0.139. The van der Waals surface area contributed by atoms with Crippen molar-refractivity contribution in [2.75, 3.05) is 17.4 Å². The first-order valence-corrected chi connectivity index (χ1v) is 14.2. The van der Waals surface area contributed by atoms with E-state index in [1.165, 1.54) is 31.2 Å². The molecule has 214 valence electrons. The molecule has 2 amide bonds. The topological polar surface area (TPSA) is 86.8 Å². The van der Waals surface area contributed by atoms with Crippen LogP contribution in [0.2, 0.25) is 10.0 Å². The number of rotatable bonds is 10. The molecule has 40 heavy (non-hydrogen) atoms. The molecule has 3 rings (SSSR count). The molecule has 3 aromatic carbocycles. The molecule has 3 aromatic rings. The van der Waals surface area contributed by atoms with Gasteiger partial charge in [-0.15, -0.1) is 0 Å². The Balaban J connectivity index is 2.12. The van der Waals surface area contributed by atoms with Crippen molar-refractivity contribution in [1.82, 2.24) is 10.2 Å². The number of carbonyl (C=O) groups is 2. The number of benzene rings is 3. The second-order valence-corrected chi connectivity index (χ2v) is 11.4. The molecule has 0 spiro atoms. The van der Waals surface area contributed by atoms with E-state index >= 15 is 0 Å². The molecule has 1 atom stereocenters. The first kappa shape index (κ1) is 31.3. The smallest absolute Gasteiger partial charge is 0.355 e. The number of carbonyl (C=O) groups excluding carboxylic acids is 2. The van der Waals surface area contributed by atoms with E-state index in [-0.39, 0.29) is 23.0 Å². The fourth-order valence-corrected chi connectivity index (χ4v) is 5.65. The van der Waals surface area contributed by atoms with Crippen molar-refractivity contribution in [3.63, 3.8) is 0 Å². The lowest BCUT2D eigenvalue weighted by Gasteiger charge is -2.32. The van der Waals surface area contributed by atoms with Crippen LogP contribution in [0, 0.1) is 0 Å². The molecule has 0 heterocycles. The summed E-state index contributed by atoms with van der Waals surface area (Å²) in [7, 11) is -4.59. The van der Waals surface area contributed by atoms with Crippen LogP contribution in [0.1, 0.15) is 25.0 Å². The van der Waals surface area contributed by atoms with E-state index in [9.17, 15) is 31.2 Å². The predicted molar refractivity (Wildman–Crippen MR) is 148 cm³/mol. The summed E-state index contributed by atoms with van der Waals surface area (Å²) in [4.78, 5) is 27.4. The van der Waals surface area contributed by atoms with E-state index in [4.69, 9.17) is 23.2 Å². The maximum Gasteiger partial charge on any atom is 0.416 e. The summed E-state index contributed by atoms with van der Waals surface area (Å²) in [6, 6.07) is 14.5. The number of halogens is 5. The molecule has 0 aliphatic heterocycles. The van der Waals surface area contributed by atoms with Crippen molar-refractivity contribution in [2.45, 2.75) is 37.5 Å². The molecule has 0 unspecified atom stereocenters. The van der Waals surface area contributed by atoms with Gasteiger partial charge >= 0.3 is 6.18 Å². The average Bonchev–Trinajstić information content (AvgIpc) is 2.91. The summed E-state index contributed by atoms with van der Waals surface area (Å²) >= 11 is 12.2. The van der Waals surface area contributed by atoms with Crippen LogP contribution in [0.5, 0.6) is 0 Å². The zero-order chi connectivity index (χ0) is 29.7. The molecule has 0 aliphatic rings. The highest BCUT2D eigenvalue weighted by Gasteiger charge is 2.36. The number of anilines is 1. The molecule has 0 bridgehead atoms. The highest BCUT2D eigenvalue weighted by atomic mass is 35.5. The van der Waals surface area contributed by atoms with Gasteiger partial charge in [0.1, 0.15) is 12.6 Å². The number of nitrogens with zero attached hydrogens (tertiary/aromatic N) is 2. The Bertz CT molecular complexity index is 1450. The lowest BCUT2D eigenvalue weighted by atomic mass is 10.1. The zero-order valence-corrected chi connectivity index (χ0v) is 23.8. The number of nitrogens with one attached hydrogen (secondary N) is 1. The Hall–Kier alpha value is -3.28. The van der Waals surface area contributed by atoms with Gasteiger partial charge in [-0.25, -0.2) is 8.42 Å². The Labute approximate surface area is 240 Å². The summed E-state index contributed by atoms with van der Waals surface area (Å²) in [5.74, 6) is -1.35. The van der Waals surface area contributed by atoms with E-state index in [0.717, 1.165) is 11.0 Å². The Morgan fingerprint density at radius 2 is 1.60 bits per heavy atom. The van der Waals surface area contributed by atoms with E-state index in [1.54, 1.807) is 37.3 Å². The lowest BCUT2D eigenvalue weighted by Crippen LogP contribution is -2.51. The normalized spacial score (nSPS) is 12.5. The summed E-state index contributed by atoms with van der Waals surface area (Å²) < 4.78 is 68.7. The van der Waals surface area contributed by atoms with Gasteiger partial charge < -0.3 is 10.2 Å². The van der Waals surface area contributed by atoms with Gasteiger partial charge in [0.25, 0.3) is 10.0 Å². The van der Waals surface area contributed by atoms with Crippen LogP contribution in [0.15, 0.2) is 77.7 Å². The van der Waals surface area contributed by atoms with Gasteiger partial charge in [0.2, 0.25) is 11.8 Å². The van der Waals surface area contributed by atoms with E-state index in [1.807, 2.05) is 0 Å². The predicted octanol–water partition coefficient (Wildman–Crippen LogP) is 5.76. The minimum Gasteiger partial charge on any atom is -0.355 e. The standard InChI is InChI=1S/C27H26Cl2F3N3O4S/c1-3-33-26(37)18(2)34(16-19-9-12-21(28)13-10-19)25(36)17-35(40(38,39)22-7-5-4-6-8-22)24-15-20(27(30,31)32)11-14-23(24)29/h4-15,18H,3,16-17H2,1-2H3,(H,33,37)/t18-/m0/s1. The fraction of sp³-hybridized carbons (Fsp3) is 0.259. The highest BCUT2D eigenvalue weighted by molar-refractivity contribution is 7.92. The number of hydrogen-bond acceptors (Lipinski definition) is 4. The maximum absolute atomic E-state index is 13.8. The molecule has 0 aromatic heterocycles. The van der Waals surface area contributed by atoms with Gasteiger partial charge in [-0.2, -0.15) is 13.2 Å². The van der Waals surface area contributed by atoms with E-state index in [2.05, 4.69) is 5.32 Å². The van der Waals surface area contributed by atoms with Crippen LogP contribution < -0.4 is 9.62 Å². The second kappa shape index (κ2) is 12.9. The van der Waals surface area contributed by atoms with Crippen molar-refractivity contribution in [3.05, 3.63) is 94.0 Å². The highest BCUT2D eigenvalue weighted by Crippen LogP contribution is 2.37. The second-order valence-electron chi connectivity index (χ2n) is 8.71. The van der Waals surface area contributed by atoms with Crippen LogP contribution in [0.3, 0.4) is 0 Å². The van der Waals surface area contributed by atoms with Gasteiger partial charge in [-0.1, -0.05) is 53.5 Å². The summed E-state index contributed by atoms with van der Waals surface area (Å²) in [6.07, 6.45) is -4.81. The largest absolute Gasteiger partial charge is 0.416 e. The fourth-order valence-electron chi connectivity index (χ4n) is 3.80. The average molecular weight is 616 g/mol. The third kappa shape index (κ3) is 7.47. The van der Waals surface area contributed by atoms with Crippen LogP contribution in [-0.2, 0) is 32.3 Å². The maximum atomic E-state index is 13.8. The summed E-state index contributed by atoms with van der Waals surface area (Å²) in [5.41, 5.74) is -1.10. The van der Waals surface area contributed by atoms with E-state index in [0.29, 0.717) is 27.0 Å². The van der Waals surface area contributed by atoms with Crippen LogP contribution in [0.4, 0.5) is 18.9 Å². The van der Waals surface area contributed by atoms with Gasteiger partial charge in [0, 0.05) is 18.1 Å². The van der Waals surface area contributed by atoms with Gasteiger partial charge in [-0.3, -0.25) is 13.9 Å². The summed E-state index contributed by atoms with van der Waals surface area (Å²) in [6.45, 7) is 2.39. The van der Waals surface area contributed by atoms with Crippen molar-refractivity contribution in [1.29, 1.82) is 0 Å². The molecule has 0 radical (unpaired) electrons. The number of sulfonamides is 1. The van der Waals surface area contributed by atoms with Gasteiger partial charge in [0.15, 0.2) is 0 Å². The number of hydrogen-bond donors (Lipinski definition) is 1.